The Morgan fingerprint density at radius 3 is 2.30 bits per heavy atom. The molecule has 1 N–H and O–H groups in total. The smallest absolute Gasteiger partial charge is 0.253 e. The van der Waals surface area contributed by atoms with Gasteiger partial charge in [0.2, 0.25) is 0 Å². The third kappa shape index (κ3) is 1.44. The summed E-state index contributed by atoms with van der Waals surface area (Å²) in [5, 5.41) is 9.14. The Hall–Kier alpha value is -0.220. The monoisotopic (exact) mass is 152 g/mol. The van der Waals surface area contributed by atoms with Crippen LogP contribution in [0, 0.1) is 0 Å². The molecule has 0 unspecified atom stereocenters. The van der Waals surface area contributed by atoms with Gasteiger partial charge in [0.1, 0.15) is 0 Å². The van der Waals surface area contributed by atoms with Gasteiger partial charge in [-0.25, -0.2) is 8.78 Å². The molecule has 0 aromatic carbocycles. The number of hydrogen-bond donors (Lipinski definition) is 1. The predicted octanol–water partition coefficient (Wildman–Crippen LogP) is 0.793. The summed E-state index contributed by atoms with van der Waals surface area (Å²) in [6.07, 6.45) is -0.929. The standard InChI is InChI=1S/C6H10F2O2/c1-10-4-5(9)2-6(7,8)3-5/h9H,2-4H2,1H3. The van der Waals surface area contributed by atoms with Crippen molar-refractivity contribution >= 4 is 0 Å². The van der Waals surface area contributed by atoms with E-state index in [9.17, 15) is 8.78 Å². The minimum atomic E-state index is -2.67. The van der Waals surface area contributed by atoms with E-state index in [4.69, 9.17) is 5.11 Å². The molecule has 1 saturated carbocycles. The van der Waals surface area contributed by atoms with E-state index in [-0.39, 0.29) is 6.61 Å². The van der Waals surface area contributed by atoms with Crippen LogP contribution in [-0.2, 0) is 4.74 Å². The van der Waals surface area contributed by atoms with Crippen LogP contribution in [0.2, 0.25) is 0 Å². The molecule has 0 aromatic rings. The molecule has 1 fully saturated rings. The van der Waals surface area contributed by atoms with Crippen LogP contribution in [0.25, 0.3) is 0 Å². The Morgan fingerprint density at radius 1 is 1.50 bits per heavy atom. The van der Waals surface area contributed by atoms with Crippen LogP contribution in [0.15, 0.2) is 0 Å². The SMILES string of the molecule is COCC1(O)CC(F)(F)C1. The average Bonchev–Trinajstić information content (AvgIpc) is 1.58. The summed E-state index contributed by atoms with van der Waals surface area (Å²) in [5.41, 5.74) is -1.27. The lowest BCUT2D eigenvalue weighted by Gasteiger charge is -2.42. The lowest BCUT2D eigenvalue weighted by Crippen LogP contribution is -2.54. The fraction of sp³-hybridized carbons (Fsp3) is 1.00. The fourth-order valence-corrected chi connectivity index (χ4v) is 1.28. The molecule has 0 heterocycles. The maximum atomic E-state index is 12.1. The molecule has 0 radical (unpaired) electrons. The number of aliphatic hydroxyl groups is 1. The van der Waals surface area contributed by atoms with Crippen LogP contribution >= 0.6 is 0 Å². The fourth-order valence-electron chi connectivity index (χ4n) is 1.28. The van der Waals surface area contributed by atoms with Crippen molar-refractivity contribution < 1.29 is 18.6 Å². The first-order chi connectivity index (χ1) is 4.47. The maximum Gasteiger partial charge on any atom is 0.253 e. The van der Waals surface area contributed by atoms with Gasteiger partial charge >= 0.3 is 0 Å². The summed E-state index contributed by atoms with van der Waals surface area (Å²) in [6, 6.07) is 0. The van der Waals surface area contributed by atoms with Crippen LogP contribution in [0.5, 0.6) is 0 Å². The zero-order chi connectivity index (χ0) is 7.83. The largest absolute Gasteiger partial charge is 0.387 e. The quantitative estimate of drug-likeness (QED) is 0.634. The Balaban J connectivity index is 2.34. The molecule has 0 spiro atoms. The second kappa shape index (κ2) is 2.13. The van der Waals surface area contributed by atoms with Gasteiger partial charge in [0, 0.05) is 20.0 Å². The van der Waals surface area contributed by atoms with Gasteiger partial charge in [-0.15, -0.1) is 0 Å². The Morgan fingerprint density at radius 2 is 2.00 bits per heavy atom. The van der Waals surface area contributed by atoms with Gasteiger partial charge < -0.3 is 9.84 Å². The molecule has 0 saturated heterocycles. The number of rotatable bonds is 2. The van der Waals surface area contributed by atoms with E-state index in [0.717, 1.165) is 0 Å². The molecule has 0 atom stereocenters. The number of ether oxygens (including phenoxy) is 1. The van der Waals surface area contributed by atoms with E-state index in [1.54, 1.807) is 0 Å². The van der Waals surface area contributed by atoms with Crippen LogP contribution in [0.1, 0.15) is 12.8 Å². The van der Waals surface area contributed by atoms with E-state index >= 15 is 0 Å². The normalized spacial score (nSPS) is 27.6. The highest BCUT2D eigenvalue weighted by Crippen LogP contribution is 2.45. The molecular weight excluding hydrogens is 142 g/mol. The van der Waals surface area contributed by atoms with E-state index in [1.165, 1.54) is 7.11 Å². The van der Waals surface area contributed by atoms with Crippen molar-refractivity contribution in [2.24, 2.45) is 0 Å². The first-order valence-electron chi connectivity index (χ1n) is 3.07. The molecule has 1 rings (SSSR count). The Labute approximate surface area is 57.8 Å². The molecule has 0 aliphatic heterocycles. The van der Waals surface area contributed by atoms with Gasteiger partial charge in [-0.3, -0.25) is 0 Å². The van der Waals surface area contributed by atoms with Crippen LogP contribution in [0.4, 0.5) is 8.78 Å². The molecule has 2 nitrogen and oxygen atoms in total. The third-order valence-electron chi connectivity index (χ3n) is 1.59. The lowest BCUT2D eigenvalue weighted by molar-refractivity contribution is -0.221. The average molecular weight is 152 g/mol. The molecule has 0 amide bonds. The van der Waals surface area contributed by atoms with E-state index in [0.29, 0.717) is 0 Å². The van der Waals surface area contributed by atoms with Crippen molar-refractivity contribution in [3.05, 3.63) is 0 Å². The van der Waals surface area contributed by atoms with Crippen LogP contribution < -0.4 is 0 Å². The van der Waals surface area contributed by atoms with Gasteiger partial charge in [-0.2, -0.15) is 0 Å². The molecule has 10 heavy (non-hydrogen) atoms. The van der Waals surface area contributed by atoms with Crippen molar-refractivity contribution in [1.82, 2.24) is 0 Å². The van der Waals surface area contributed by atoms with Crippen molar-refractivity contribution in [3.63, 3.8) is 0 Å². The summed E-state index contributed by atoms with van der Waals surface area (Å²) in [4.78, 5) is 0. The molecule has 1 aliphatic rings. The lowest BCUT2D eigenvalue weighted by atomic mass is 9.77. The number of alkyl halides is 2. The van der Waals surface area contributed by atoms with Gasteiger partial charge in [-0.1, -0.05) is 0 Å². The third-order valence-corrected chi connectivity index (χ3v) is 1.59. The van der Waals surface area contributed by atoms with Crippen molar-refractivity contribution in [3.8, 4) is 0 Å². The zero-order valence-electron chi connectivity index (χ0n) is 5.73. The number of methoxy groups -OCH3 is 1. The molecule has 1 aliphatic carbocycles. The van der Waals surface area contributed by atoms with Gasteiger partial charge in [0.05, 0.1) is 12.2 Å². The van der Waals surface area contributed by atoms with Gasteiger partial charge in [0.25, 0.3) is 5.92 Å². The topological polar surface area (TPSA) is 29.5 Å². The minimum Gasteiger partial charge on any atom is -0.387 e. The molecule has 0 bridgehead atoms. The van der Waals surface area contributed by atoms with Gasteiger partial charge in [0.15, 0.2) is 0 Å². The van der Waals surface area contributed by atoms with Gasteiger partial charge in [-0.05, 0) is 0 Å². The summed E-state index contributed by atoms with van der Waals surface area (Å²) in [5.74, 6) is -2.67. The first kappa shape index (κ1) is 7.88. The molecule has 60 valence electrons. The Kier molecular flexibility index (Phi) is 1.68. The predicted molar refractivity (Wildman–Crippen MR) is 31.0 cm³/mol. The van der Waals surface area contributed by atoms with E-state index in [1.807, 2.05) is 0 Å². The molecule has 4 heteroatoms. The maximum absolute atomic E-state index is 12.1. The van der Waals surface area contributed by atoms with E-state index < -0.39 is 24.4 Å². The number of hydrogen-bond acceptors (Lipinski definition) is 2. The molecular formula is C6H10F2O2. The van der Waals surface area contributed by atoms with Crippen LogP contribution in [-0.4, -0.2) is 30.3 Å². The molecule has 0 aromatic heterocycles. The van der Waals surface area contributed by atoms with Crippen molar-refractivity contribution in [2.75, 3.05) is 13.7 Å². The van der Waals surface area contributed by atoms with Crippen molar-refractivity contribution in [2.45, 2.75) is 24.4 Å². The van der Waals surface area contributed by atoms with Crippen LogP contribution in [0.3, 0.4) is 0 Å². The second-order valence-corrected chi connectivity index (χ2v) is 2.87. The first-order valence-corrected chi connectivity index (χ1v) is 3.07. The summed E-state index contributed by atoms with van der Waals surface area (Å²) in [7, 11) is 1.38. The highest BCUT2D eigenvalue weighted by atomic mass is 19.3. The van der Waals surface area contributed by atoms with E-state index in [2.05, 4.69) is 4.74 Å². The highest BCUT2D eigenvalue weighted by Gasteiger charge is 2.55. The summed E-state index contributed by atoms with van der Waals surface area (Å²) >= 11 is 0. The highest BCUT2D eigenvalue weighted by molar-refractivity contribution is 4.99. The van der Waals surface area contributed by atoms with Crippen molar-refractivity contribution in [1.29, 1.82) is 0 Å². The minimum absolute atomic E-state index is 0.00257. The zero-order valence-corrected chi connectivity index (χ0v) is 5.73. The second-order valence-electron chi connectivity index (χ2n) is 2.87. The Bertz CT molecular complexity index is 128. The number of halogens is 2. The summed E-state index contributed by atoms with van der Waals surface area (Å²) in [6.45, 7) is 0.00257. The summed E-state index contributed by atoms with van der Waals surface area (Å²) < 4.78 is 28.8.